The third-order valence-corrected chi connectivity index (χ3v) is 2.83. The maximum absolute atomic E-state index is 10.5. The van der Waals surface area contributed by atoms with Crippen molar-refractivity contribution < 1.29 is 14.6 Å². The number of hydrogen-bond acceptors (Lipinski definition) is 3. The lowest BCUT2D eigenvalue weighted by atomic mass is 9.95. The van der Waals surface area contributed by atoms with E-state index in [0.717, 1.165) is 24.9 Å². The van der Waals surface area contributed by atoms with Gasteiger partial charge in [0, 0.05) is 18.1 Å². The van der Waals surface area contributed by atoms with Gasteiger partial charge in [-0.1, -0.05) is 24.3 Å². The van der Waals surface area contributed by atoms with E-state index in [1.54, 1.807) is 24.3 Å². The van der Waals surface area contributed by atoms with Gasteiger partial charge in [-0.05, 0) is 12.0 Å². The molecule has 0 aromatic heterocycles. The largest absolute Gasteiger partial charge is 0.388 e. The lowest BCUT2D eigenvalue weighted by Crippen LogP contribution is -2.12. The Morgan fingerprint density at radius 3 is 2.67 bits per heavy atom. The van der Waals surface area contributed by atoms with Crippen LogP contribution in [0.4, 0.5) is 0 Å². The molecule has 1 aromatic carbocycles. The number of hydrogen-bond donors (Lipinski definition) is 1. The standard InChI is InChI=1S/C12H14O3/c13-7-9-1-3-10(4-2-9)12(14)11-5-6-15-8-11/h1-4,7,11-12,14H,5-6,8H2. The van der Waals surface area contributed by atoms with Gasteiger partial charge in [-0.25, -0.2) is 0 Å². The van der Waals surface area contributed by atoms with Crippen LogP contribution in [0.5, 0.6) is 0 Å². The quantitative estimate of drug-likeness (QED) is 0.763. The molecule has 1 N–H and O–H groups in total. The molecular formula is C12H14O3. The number of carbonyl (C=O) groups excluding carboxylic acids is 1. The molecule has 0 amide bonds. The molecule has 2 atom stereocenters. The highest BCUT2D eigenvalue weighted by atomic mass is 16.5. The van der Waals surface area contributed by atoms with Crippen molar-refractivity contribution in [2.45, 2.75) is 12.5 Å². The molecule has 15 heavy (non-hydrogen) atoms. The number of carbonyl (C=O) groups is 1. The van der Waals surface area contributed by atoms with Crippen molar-refractivity contribution in [1.82, 2.24) is 0 Å². The molecule has 3 heteroatoms. The summed E-state index contributed by atoms with van der Waals surface area (Å²) >= 11 is 0. The van der Waals surface area contributed by atoms with Crippen LogP contribution in [0.25, 0.3) is 0 Å². The molecule has 1 aromatic rings. The number of rotatable bonds is 3. The van der Waals surface area contributed by atoms with E-state index in [9.17, 15) is 9.90 Å². The predicted octanol–water partition coefficient (Wildman–Crippen LogP) is 1.57. The van der Waals surface area contributed by atoms with Gasteiger partial charge in [-0.3, -0.25) is 4.79 Å². The summed E-state index contributed by atoms with van der Waals surface area (Å²) in [6.07, 6.45) is 1.22. The van der Waals surface area contributed by atoms with Crippen LogP contribution in [-0.2, 0) is 4.74 Å². The highest BCUT2D eigenvalue weighted by Crippen LogP contribution is 2.28. The van der Waals surface area contributed by atoms with E-state index in [4.69, 9.17) is 4.74 Å². The maximum atomic E-state index is 10.5. The maximum Gasteiger partial charge on any atom is 0.150 e. The second-order valence-corrected chi connectivity index (χ2v) is 3.85. The summed E-state index contributed by atoms with van der Waals surface area (Å²) in [5, 5.41) is 10.0. The van der Waals surface area contributed by atoms with Gasteiger partial charge in [0.2, 0.25) is 0 Å². The zero-order chi connectivity index (χ0) is 10.7. The molecule has 2 rings (SSSR count). The number of benzene rings is 1. The Balaban J connectivity index is 2.10. The first-order valence-corrected chi connectivity index (χ1v) is 5.12. The Kier molecular flexibility index (Phi) is 3.14. The van der Waals surface area contributed by atoms with Gasteiger partial charge >= 0.3 is 0 Å². The van der Waals surface area contributed by atoms with Crippen LogP contribution in [-0.4, -0.2) is 24.6 Å². The van der Waals surface area contributed by atoms with Crippen molar-refractivity contribution in [3.63, 3.8) is 0 Å². The molecule has 0 radical (unpaired) electrons. The summed E-state index contributed by atoms with van der Waals surface area (Å²) < 4.78 is 5.23. The molecule has 0 aliphatic carbocycles. The second-order valence-electron chi connectivity index (χ2n) is 3.85. The first-order valence-electron chi connectivity index (χ1n) is 5.12. The van der Waals surface area contributed by atoms with E-state index in [2.05, 4.69) is 0 Å². The fourth-order valence-corrected chi connectivity index (χ4v) is 1.85. The number of aliphatic hydroxyl groups excluding tert-OH is 1. The molecule has 80 valence electrons. The molecule has 0 bridgehead atoms. The predicted molar refractivity (Wildman–Crippen MR) is 55.7 cm³/mol. The van der Waals surface area contributed by atoms with Crippen molar-refractivity contribution in [2.24, 2.45) is 5.92 Å². The Bertz CT molecular complexity index is 325. The van der Waals surface area contributed by atoms with Crippen LogP contribution in [0.1, 0.15) is 28.4 Å². The summed E-state index contributed by atoms with van der Waals surface area (Å²) in [5.74, 6) is 0.187. The fourth-order valence-electron chi connectivity index (χ4n) is 1.85. The van der Waals surface area contributed by atoms with Gasteiger partial charge in [0.15, 0.2) is 0 Å². The van der Waals surface area contributed by atoms with Gasteiger partial charge in [-0.15, -0.1) is 0 Å². The Hall–Kier alpha value is -1.19. The summed E-state index contributed by atoms with van der Waals surface area (Å²) in [5.41, 5.74) is 1.49. The normalized spacial score (nSPS) is 22.6. The van der Waals surface area contributed by atoms with Crippen LogP contribution < -0.4 is 0 Å². The monoisotopic (exact) mass is 206 g/mol. The second kappa shape index (κ2) is 4.55. The fraction of sp³-hybridized carbons (Fsp3) is 0.417. The molecule has 1 heterocycles. The zero-order valence-electron chi connectivity index (χ0n) is 8.43. The Morgan fingerprint density at radius 2 is 2.13 bits per heavy atom. The SMILES string of the molecule is O=Cc1ccc(C(O)C2CCOC2)cc1. The molecule has 0 spiro atoms. The van der Waals surface area contributed by atoms with Gasteiger partial charge < -0.3 is 9.84 Å². The highest BCUT2D eigenvalue weighted by Gasteiger charge is 2.24. The lowest BCUT2D eigenvalue weighted by Gasteiger charge is -2.16. The summed E-state index contributed by atoms with van der Waals surface area (Å²) in [7, 11) is 0. The highest BCUT2D eigenvalue weighted by molar-refractivity contribution is 5.74. The van der Waals surface area contributed by atoms with Crippen LogP contribution in [0.15, 0.2) is 24.3 Å². The number of aliphatic hydroxyl groups is 1. The third-order valence-electron chi connectivity index (χ3n) is 2.83. The van der Waals surface area contributed by atoms with Crippen molar-refractivity contribution in [2.75, 3.05) is 13.2 Å². The first-order chi connectivity index (χ1) is 7.31. The van der Waals surface area contributed by atoms with Crippen LogP contribution in [0.3, 0.4) is 0 Å². The first kappa shape index (κ1) is 10.3. The zero-order valence-corrected chi connectivity index (χ0v) is 8.43. The topological polar surface area (TPSA) is 46.5 Å². The molecule has 3 nitrogen and oxygen atoms in total. The third kappa shape index (κ3) is 2.25. The minimum absolute atomic E-state index is 0.187. The average molecular weight is 206 g/mol. The van der Waals surface area contributed by atoms with E-state index in [1.165, 1.54) is 0 Å². The molecule has 1 aliphatic heterocycles. The summed E-state index contributed by atoms with van der Waals surface area (Å²) in [6.45, 7) is 1.35. The average Bonchev–Trinajstić information content (AvgIpc) is 2.82. The number of ether oxygens (including phenoxy) is 1. The van der Waals surface area contributed by atoms with E-state index in [1.807, 2.05) is 0 Å². The minimum atomic E-state index is -0.479. The molecule has 1 saturated heterocycles. The van der Waals surface area contributed by atoms with Gasteiger partial charge in [0.05, 0.1) is 12.7 Å². The molecule has 0 saturated carbocycles. The summed E-state index contributed by atoms with van der Waals surface area (Å²) in [4.78, 5) is 10.5. The van der Waals surface area contributed by atoms with Crippen molar-refractivity contribution in [3.05, 3.63) is 35.4 Å². The van der Waals surface area contributed by atoms with Gasteiger partial charge in [0.25, 0.3) is 0 Å². The lowest BCUT2D eigenvalue weighted by molar-refractivity contribution is 0.0917. The van der Waals surface area contributed by atoms with E-state index in [-0.39, 0.29) is 5.92 Å². The van der Waals surface area contributed by atoms with Crippen LogP contribution >= 0.6 is 0 Å². The van der Waals surface area contributed by atoms with E-state index in [0.29, 0.717) is 12.2 Å². The van der Waals surface area contributed by atoms with Crippen molar-refractivity contribution in [1.29, 1.82) is 0 Å². The Labute approximate surface area is 88.7 Å². The van der Waals surface area contributed by atoms with Crippen molar-refractivity contribution >= 4 is 6.29 Å². The smallest absolute Gasteiger partial charge is 0.150 e. The van der Waals surface area contributed by atoms with Crippen molar-refractivity contribution in [3.8, 4) is 0 Å². The van der Waals surface area contributed by atoms with Crippen LogP contribution in [0, 0.1) is 5.92 Å². The molecule has 2 unspecified atom stereocenters. The molecule has 1 fully saturated rings. The van der Waals surface area contributed by atoms with Gasteiger partial charge in [-0.2, -0.15) is 0 Å². The molecular weight excluding hydrogens is 192 g/mol. The van der Waals surface area contributed by atoms with E-state index >= 15 is 0 Å². The minimum Gasteiger partial charge on any atom is -0.388 e. The van der Waals surface area contributed by atoms with Crippen LogP contribution in [0.2, 0.25) is 0 Å². The Morgan fingerprint density at radius 1 is 1.40 bits per heavy atom. The number of aldehydes is 1. The summed E-state index contributed by atoms with van der Waals surface area (Å²) in [6, 6.07) is 7.04. The van der Waals surface area contributed by atoms with Gasteiger partial charge in [0.1, 0.15) is 6.29 Å². The van der Waals surface area contributed by atoms with E-state index < -0.39 is 6.10 Å². The molecule has 1 aliphatic rings.